The average molecular weight is 423 g/mol. The number of ether oxygens (including phenoxy) is 1. The molecule has 6 nitrogen and oxygen atoms in total. The molecule has 0 saturated carbocycles. The van der Waals surface area contributed by atoms with Gasteiger partial charge in [-0.25, -0.2) is 0 Å². The second kappa shape index (κ2) is 8.95. The number of benzene rings is 1. The van der Waals surface area contributed by atoms with Crippen LogP contribution in [0, 0.1) is 0 Å². The number of hydrogen-bond acceptors (Lipinski definition) is 5. The number of halogens is 3. The van der Waals surface area contributed by atoms with E-state index in [1.165, 1.54) is 24.3 Å². The Kier molecular flexibility index (Phi) is 7.31. The molecule has 0 radical (unpaired) electrons. The predicted octanol–water partition coefficient (Wildman–Crippen LogP) is 4.31. The fourth-order valence-electron chi connectivity index (χ4n) is 3.49. The minimum Gasteiger partial charge on any atom is -0.356 e. The molecule has 1 saturated heterocycles. The Labute approximate surface area is 162 Å². The quantitative estimate of drug-likeness (QED) is 0.584. The Balaban J connectivity index is 2.53. The highest BCUT2D eigenvalue weighted by Gasteiger charge is 2.65. The van der Waals surface area contributed by atoms with Crippen molar-refractivity contribution in [2.75, 3.05) is 26.9 Å². The lowest BCUT2D eigenvalue weighted by Gasteiger charge is -2.39. The van der Waals surface area contributed by atoms with Crippen molar-refractivity contribution >= 4 is 13.5 Å². The number of carbonyl (C=O) groups excluding carboxylic acids is 1. The topological polar surface area (TPSA) is 65.1 Å². The second-order valence-electron chi connectivity index (χ2n) is 6.25. The molecule has 0 unspecified atom stereocenters. The molecule has 0 aromatic heterocycles. The van der Waals surface area contributed by atoms with Crippen LogP contribution >= 0.6 is 7.60 Å². The number of alkyl halides is 3. The number of hydrogen-bond donors (Lipinski definition) is 0. The van der Waals surface area contributed by atoms with Gasteiger partial charge in [-0.1, -0.05) is 30.3 Å². The number of methoxy groups -OCH3 is 1. The zero-order chi connectivity index (χ0) is 21.0. The van der Waals surface area contributed by atoms with Gasteiger partial charge in [-0.2, -0.15) is 13.2 Å². The normalized spacial score (nSPS) is 20.2. The fourth-order valence-corrected chi connectivity index (χ4v) is 5.69. The van der Waals surface area contributed by atoms with Crippen molar-refractivity contribution in [1.82, 2.24) is 4.90 Å². The van der Waals surface area contributed by atoms with Gasteiger partial charge in [0, 0.05) is 19.2 Å². The van der Waals surface area contributed by atoms with Gasteiger partial charge in [0.05, 0.1) is 13.2 Å². The highest BCUT2D eigenvalue weighted by atomic mass is 31.2. The van der Waals surface area contributed by atoms with Crippen LogP contribution in [0.25, 0.3) is 0 Å². The summed E-state index contributed by atoms with van der Waals surface area (Å²) in [5.41, 5.74) is -3.55. The van der Waals surface area contributed by atoms with Crippen LogP contribution in [-0.4, -0.2) is 49.6 Å². The predicted molar refractivity (Wildman–Crippen MR) is 96.8 cm³/mol. The highest BCUT2D eigenvalue weighted by molar-refractivity contribution is 7.54. The minimum atomic E-state index is -5.03. The number of carbonyl (C=O) groups is 1. The van der Waals surface area contributed by atoms with E-state index in [1.807, 2.05) is 0 Å². The van der Waals surface area contributed by atoms with Crippen molar-refractivity contribution in [3.63, 3.8) is 0 Å². The SMILES string of the molecule is CCOP(=O)(OCC)[C@H]1CCCN1C(=O)[C@](OC)(c1ccccc1)C(F)(F)F. The van der Waals surface area contributed by atoms with Crippen molar-refractivity contribution in [3.8, 4) is 0 Å². The Hall–Kier alpha value is -1.41. The van der Waals surface area contributed by atoms with Crippen molar-refractivity contribution in [3.05, 3.63) is 35.9 Å². The van der Waals surface area contributed by atoms with Crippen molar-refractivity contribution in [1.29, 1.82) is 0 Å². The van der Waals surface area contributed by atoms with Gasteiger partial charge in [0.15, 0.2) is 0 Å². The summed E-state index contributed by atoms with van der Waals surface area (Å²) in [5, 5.41) is 0. The maximum atomic E-state index is 14.2. The summed E-state index contributed by atoms with van der Waals surface area (Å²) in [7, 11) is -2.98. The number of rotatable bonds is 8. The molecule has 0 bridgehead atoms. The lowest BCUT2D eigenvalue weighted by atomic mass is 9.91. The van der Waals surface area contributed by atoms with Crippen LogP contribution in [-0.2, 0) is 28.7 Å². The molecular weight excluding hydrogens is 398 g/mol. The first kappa shape index (κ1) is 22.9. The van der Waals surface area contributed by atoms with E-state index in [-0.39, 0.29) is 31.7 Å². The Morgan fingerprint density at radius 2 is 1.75 bits per heavy atom. The molecule has 1 fully saturated rings. The molecule has 28 heavy (non-hydrogen) atoms. The van der Waals surface area contributed by atoms with Gasteiger partial charge < -0.3 is 18.7 Å². The molecule has 10 heteroatoms. The number of nitrogens with zero attached hydrogens (tertiary/aromatic N) is 1. The van der Waals surface area contributed by atoms with Crippen LogP contribution in [0.5, 0.6) is 0 Å². The summed E-state index contributed by atoms with van der Waals surface area (Å²) in [6.07, 6.45) is -4.43. The van der Waals surface area contributed by atoms with Gasteiger partial charge in [0.1, 0.15) is 5.78 Å². The average Bonchev–Trinajstić information content (AvgIpc) is 3.13. The molecule has 0 N–H and O–H groups in total. The first-order valence-corrected chi connectivity index (χ1v) is 10.7. The molecule has 2 atom stereocenters. The van der Waals surface area contributed by atoms with E-state index in [0.29, 0.717) is 6.42 Å². The van der Waals surface area contributed by atoms with Gasteiger partial charge >= 0.3 is 13.8 Å². The van der Waals surface area contributed by atoms with Crippen LogP contribution in [0.2, 0.25) is 0 Å². The molecule has 0 spiro atoms. The van der Waals surface area contributed by atoms with Gasteiger partial charge in [-0.05, 0) is 26.7 Å². The minimum absolute atomic E-state index is 0.00165. The van der Waals surface area contributed by atoms with E-state index in [1.54, 1.807) is 19.9 Å². The Morgan fingerprint density at radius 1 is 1.18 bits per heavy atom. The fraction of sp³-hybridized carbons (Fsp3) is 0.611. The van der Waals surface area contributed by atoms with Crippen LogP contribution in [0.15, 0.2) is 30.3 Å². The van der Waals surface area contributed by atoms with Gasteiger partial charge in [-0.3, -0.25) is 9.36 Å². The molecule has 0 aliphatic carbocycles. The van der Waals surface area contributed by atoms with Gasteiger partial charge in [-0.15, -0.1) is 0 Å². The molecule has 1 heterocycles. The lowest BCUT2D eigenvalue weighted by molar-refractivity contribution is -0.270. The van der Waals surface area contributed by atoms with E-state index in [2.05, 4.69) is 0 Å². The third kappa shape index (κ3) is 3.99. The molecule has 1 aromatic carbocycles. The summed E-state index contributed by atoms with van der Waals surface area (Å²) in [6, 6.07) is 6.71. The maximum absolute atomic E-state index is 14.2. The van der Waals surface area contributed by atoms with Crippen LogP contribution in [0.1, 0.15) is 32.3 Å². The van der Waals surface area contributed by atoms with Gasteiger partial charge in [0.25, 0.3) is 11.5 Å². The zero-order valence-corrected chi connectivity index (χ0v) is 17.0. The van der Waals surface area contributed by atoms with Gasteiger partial charge in [0.2, 0.25) is 0 Å². The lowest BCUT2D eigenvalue weighted by Crippen LogP contribution is -2.57. The molecule has 1 aromatic rings. The Morgan fingerprint density at radius 3 is 2.21 bits per heavy atom. The number of amides is 1. The first-order chi connectivity index (χ1) is 13.2. The van der Waals surface area contributed by atoms with Crippen molar-refractivity contribution < 1.29 is 36.3 Å². The largest absolute Gasteiger partial charge is 0.430 e. The standard InChI is InChI=1S/C18H25F3NO5P/c1-4-26-28(24,27-5-2)15-12-9-13-22(15)16(23)17(25-3,18(19,20)21)14-10-7-6-8-11-14/h6-8,10-11,15H,4-5,9,12-13H2,1-3H3/t15-,17+/m0/s1. The smallest absolute Gasteiger partial charge is 0.356 e. The molecule has 158 valence electrons. The third-order valence-electron chi connectivity index (χ3n) is 4.65. The van der Waals surface area contributed by atoms with E-state index < -0.39 is 31.1 Å². The zero-order valence-electron chi connectivity index (χ0n) is 16.1. The van der Waals surface area contributed by atoms with Crippen molar-refractivity contribution in [2.45, 2.75) is 44.2 Å². The van der Waals surface area contributed by atoms with E-state index in [9.17, 15) is 22.5 Å². The first-order valence-electron chi connectivity index (χ1n) is 9.05. The molecule has 2 rings (SSSR count). The maximum Gasteiger partial charge on any atom is 0.430 e. The van der Waals surface area contributed by atoms with Crippen LogP contribution in [0.4, 0.5) is 13.2 Å². The summed E-state index contributed by atoms with van der Waals surface area (Å²) >= 11 is 0. The monoisotopic (exact) mass is 423 g/mol. The molecule has 1 aliphatic heterocycles. The Bertz CT molecular complexity index is 705. The second-order valence-corrected chi connectivity index (χ2v) is 8.44. The van der Waals surface area contributed by atoms with Crippen LogP contribution < -0.4 is 0 Å². The third-order valence-corrected chi connectivity index (χ3v) is 7.16. The molecule has 1 aliphatic rings. The van der Waals surface area contributed by atoms with E-state index in [0.717, 1.165) is 12.0 Å². The summed E-state index contributed by atoms with van der Waals surface area (Å²) in [4.78, 5) is 14.2. The van der Waals surface area contributed by atoms with E-state index in [4.69, 9.17) is 13.8 Å². The molecule has 1 amide bonds. The van der Waals surface area contributed by atoms with Crippen LogP contribution in [0.3, 0.4) is 0 Å². The number of likely N-dealkylation sites (tertiary alicyclic amines) is 1. The summed E-state index contributed by atoms with van der Waals surface area (Å²) < 4.78 is 71.1. The van der Waals surface area contributed by atoms with E-state index >= 15 is 0 Å². The summed E-state index contributed by atoms with van der Waals surface area (Å²) in [6.45, 7) is 3.30. The highest BCUT2D eigenvalue weighted by Crippen LogP contribution is 2.58. The molecular formula is C18H25F3NO5P. The summed E-state index contributed by atoms with van der Waals surface area (Å²) in [5.74, 6) is -2.42. The van der Waals surface area contributed by atoms with Crippen molar-refractivity contribution in [2.24, 2.45) is 0 Å².